The molecule has 0 unspecified atom stereocenters. The normalized spacial score (nSPS) is 15.3. The molecule has 5 rings (SSSR count). The summed E-state index contributed by atoms with van der Waals surface area (Å²) >= 11 is 1.50. The zero-order valence-corrected chi connectivity index (χ0v) is 28.6. The van der Waals surface area contributed by atoms with Crippen molar-refractivity contribution in [1.29, 1.82) is 0 Å². The number of benzene rings is 3. The molecule has 0 aliphatic carbocycles. The number of rotatable bonds is 11. The fourth-order valence-corrected chi connectivity index (χ4v) is 6.53. The van der Waals surface area contributed by atoms with Gasteiger partial charge in [0.1, 0.15) is 23.4 Å². The van der Waals surface area contributed by atoms with Crippen molar-refractivity contribution in [2.75, 3.05) is 36.9 Å². The van der Waals surface area contributed by atoms with Gasteiger partial charge in [-0.05, 0) is 92.2 Å². The van der Waals surface area contributed by atoms with Gasteiger partial charge in [0.15, 0.2) is 0 Å². The monoisotopic (exact) mass is 621 g/mol. The first kappa shape index (κ1) is 35.1. The van der Waals surface area contributed by atoms with Crippen molar-refractivity contribution in [3.63, 3.8) is 0 Å². The van der Waals surface area contributed by atoms with E-state index in [0.717, 1.165) is 70.6 Å². The fourth-order valence-electron chi connectivity index (χ4n) is 5.78. The molecule has 0 atom stereocenters. The molecule has 1 amide bonds. The molecule has 0 radical (unpaired) electrons. The Balaban J connectivity index is 0.00000127. The summed E-state index contributed by atoms with van der Waals surface area (Å²) in [4.78, 5) is 17.2. The van der Waals surface area contributed by atoms with E-state index in [4.69, 9.17) is 14.2 Å². The van der Waals surface area contributed by atoms with Crippen molar-refractivity contribution in [2.45, 2.75) is 90.2 Å². The predicted octanol–water partition coefficient (Wildman–Crippen LogP) is 8.61. The lowest BCUT2D eigenvalue weighted by Gasteiger charge is -2.27. The van der Waals surface area contributed by atoms with Gasteiger partial charge in [0.25, 0.3) is 0 Å². The van der Waals surface area contributed by atoms with E-state index >= 15 is 0 Å². The third-order valence-electron chi connectivity index (χ3n) is 8.15. The van der Waals surface area contributed by atoms with Crippen LogP contribution in [0.25, 0.3) is 0 Å². The Morgan fingerprint density at radius 2 is 1.57 bits per heavy atom. The molecule has 7 nitrogen and oxygen atoms in total. The van der Waals surface area contributed by atoms with Gasteiger partial charge in [0.05, 0.1) is 36.8 Å². The Kier molecular flexibility index (Phi) is 13.7. The Labute approximate surface area is 269 Å². The highest BCUT2D eigenvalue weighted by Crippen LogP contribution is 2.53. The van der Waals surface area contributed by atoms with Crippen molar-refractivity contribution in [3.8, 4) is 17.2 Å². The highest BCUT2D eigenvalue weighted by atomic mass is 32.2. The minimum atomic E-state index is -0.610. The van der Waals surface area contributed by atoms with Gasteiger partial charge in [-0.2, -0.15) is 0 Å². The summed E-state index contributed by atoms with van der Waals surface area (Å²) in [6, 6.07) is 20.1. The van der Waals surface area contributed by atoms with Crippen molar-refractivity contribution in [1.82, 2.24) is 5.32 Å². The molecule has 0 bridgehead atoms. The lowest BCUT2D eigenvalue weighted by Crippen LogP contribution is -2.39. The minimum Gasteiger partial charge on any atom is -0.497 e. The summed E-state index contributed by atoms with van der Waals surface area (Å²) in [7, 11) is 3.34. The van der Waals surface area contributed by atoms with Crippen molar-refractivity contribution >= 4 is 29.2 Å². The molecule has 2 heterocycles. The number of nitrogens with zero attached hydrogens (tertiary/aromatic N) is 1. The Morgan fingerprint density at radius 3 is 2.18 bits per heavy atom. The number of hydrogen-bond donors (Lipinski definition) is 2. The van der Waals surface area contributed by atoms with Crippen LogP contribution >= 0.6 is 11.9 Å². The zero-order valence-electron chi connectivity index (χ0n) is 27.8. The number of methoxy groups -OCH3 is 2. The summed E-state index contributed by atoms with van der Waals surface area (Å²) in [5.74, 6) is 2.50. The zero-order chi connectivity index (χ0) is 32.1. The summed E-state index contributed by atoms with van der Waals surface area (Å²) in [6.07, 6.45) is 3.39. The van der Waals surface area contributed by atoms with Gasteiger partial charge in [-0.15, -0.1) is 0 Å². The van der Waals surface area contributed by atoms with Gasteiger partial charge in [0.2, 0.25) is 5.91 Å². The number of para-hydroxylation sites is 1. The summed E-state index contributed by atoms with van der Waals surface area (Å²) in [6.45, 7) is 14.6. The molecule has 3 aromatic rings. The molecule has 1 fully saturated rings. The molecular formula is C36H51N3O4S. The number of hydrogen-bond acceptors (Lipinski definition) is 7. The van der Waals surface area contributed by atoms with E-state index in [0.29, 0.717) is 19.4 Å². The maximum atomic E-state index is 14.3. The number of ether oxygens (including phenoxy) is 3. The van der Waals surface area contributed by atoms with E-state index in [1.165, 1.54) is 11.9 Å². The van der Waals surface area contributed by atoms with E-state index < -0.39 is 5.41 Å². The third-order valence-corrected chi connectivity index (χ3v) is 9.04. The SMILES string of the molecule is CC.CC.CCC1(CC)C(=O)N(Cc2ccc(OC)cc2)c2c(OC3CCNCC3)cc(NSc3ccccc3OC)cc21. The molecule has 3 aromatic carbocycles. The smallest absolute Gasteiger partial charge is 0.238 e. The maximum Gasteiger partial charge on any atom is 0.238 e. The Hall–Kier alpha value is -3.36. The van der Waals surface area contributed by atoms with Crippen molar-refractivity contribution in [2.24, 2.45) is 0 Å². The van der Waals surface area contributed by atoms with Crippen LogP contribution in [-0.2, 0) is 16.8 Å². The summed E-state index contributed by atoms with van der Waals surface area (Å²) in [5, 5.41) is 3.42. The average molecular weight is 622 g/mol. The number of carbonyl (C=O) groups excluding carboxylic acids is 1. The van der Waals surface area contributed by atoms with E-state index in [9.17, 15) is 4.79 Å². The number of anilines is 2. The lowest BCUT2D eigenvalue weighted by molar-refractivity contribution is -0.123. The second-order valence-electron chi connectivity index (χ2n) is 10.3. The lowest BCUT2D eigenvalue weighted by atomic mass is 9.76. The van der Waals surface area contributed by atoms with Gasteiger partial charge in [-0.3, -0.25) is 4.79 Å². The number of piperidine rings is 1. The standard InChI is InChI=1S/C32H39N3O4S.2C2H6/c1-5-32(6-2)26-19-23(34-40-29-10-8-7-9-27(29)38-4)20-28(39-25-15-17-33-18-16-25)30(26)35(31(32)36)21-22-11-13-24(37-3)14-12-22;2*1-2/h7-14,19-20,25,33-34H,5-6,15-18,21H2,1-4H3;2*1-2H3. The Morgan fingerprint density at radius 1 is 0.909 bits per heavy atom. The van der Waals surface area contributed by atoms with Crippen LogP contribution < -0.4 is 29.1 Å². The third kappa shape index (κ3) is 7.64. The number of fused-ring (bicyclic) bond motifs is 1. The fraction of sp³-hybridized carbons (Fsp3) is 0.472. The highest BCUT2D eigenvalue weighted by molar-refractivity contribution is 8.00. The van der Waals surface area contributed by atoms with Crippen molar-refractivity contribution < 1.29 is 19.0 Å². The van der Waals surface area contributed by atoms with Crippen LogP contribution in [0.3, 0.4) is 0 Å². The van der Waals surface area contributed by atoms with Gasteiger partial charge in [0, 0.05) is 11.8 Å². The van der Waals surface area contributed by atoms with Crippen LogP contribution in [0, 0.1) is 0 Å². The maximum absolute atomic E-state index is 14.3. The molecule has 0 saturated carbocycles. The first-order chi connectivity index (χ1) is 21.5. The summed E-state index contributed by atoms with van der Waals surface area (Å²) in [5.41, 5.74) is 3.27. The van der Waals surface area contributed by atoms with Crippen LogP contribution in [0.1, 0.15) is 78.4 Å². The van der Waals surface area contributed by atoms with Gasteiger partial charge >= 0.3 is 0 Å². The van der Waals surface area contributed by atoms with Crippen molar-refractivity contribution in [3.05, 3.63) is 71.8 Å². The molecule has 2 aliphatic rings. The molecule has 44 heavy (non-hydrogen) atoms. The molecule has 240 valence electrons. The predicted molar refractivity (Wildman–Crippen MR) is 185 cm³/mol. The van der Waals surface area contributed by atoms with Gasteiger partial charge < -0.3 is 29.1 Å². The molecule has 0 aromatic heterocycles. The molecule has 1 saturated heterocycles. The van der Waals surface area contributed by atoms with Gasteiger partial charge in [-0.1, -0.05) is 65.8 Å². The minimum absolute atomic E-state index is 0.0960. The molecule has 2 N–H and O–H groups in total. The molecular weight excluding hydrogens is 570 g/mol. The first-order valence-corrected chi connectivity index (χ1v) is 16.9. The largest absolute Gasteiger partial charge is 0.497 e. The van der Waals surface area contributed by atoms with E-state index in [1.807, 2.05) is 81.1 Å². The second kappa shape index (κ2) is 17.2. The van der Waals surface area contributed by atoms with E-state index in [-0.39, 0.29) is 12.0 Å². The van der Waals surface area contributed by atoms with Gasteiger partial charge in [-0.25, -0.2) is 0 Å². The van der Waals surface area contributed by atoms with Crippen LogP contribution in [0.4, 0.5) is 11.4 Å². The van der Waals surface area contributed by atoms with Crippen LogP contribution in [0.5, 0.6) is 17.2 Å². The quantitative estimate of drug-likeness (QED) is 0.208. The first-order valence-electron chi connectivity index (χ1n) is 16.1. The second-order valence-corrected chi connectivity index (χ2v) is 11.2. The number of carbonyl (C=O) groups is 1. The van der Waals surface area contributed by atoms with E-state index in [1.54, 1.807) is 14.2 Å². The molecule has 8 heteroatoms. The molecule has 2 aliphatic heterocycles. The summed E-state index contributed by atoms with van der Waals surface area (Å²) < 4.78 is 21.2. The molecule has 0 spiro atoms. The highest BCUT2D eigenvalue weighted by Gasteiger charge is 2.50. The number of amides is 1. The number of nitrogens with one attached hydrogen (secondary N) is 2. The van der Waals surface area contributed by atoms with E-state index in [2.05, 4.69) is 36.0 Å². The Bertz CT molecular complexity index is 1320. The van der Waals surface area contributed by atoms with Crippen LogP contribution in [-0.4, -0.2) is 39.3 Å². The topological polar surface area (TPSA) is 72.1 Å². The van der Waals surface area contributed by atoms with Crippen LogP contribution in [0.2, 0.25) is 0 Å². The average Bonchev–Trinajstić information content (AvgIpc) is 3.33. The van der Waals surface area contributed by atoms with Crippen LogP contribution in [0.15, 0.2) is 65.6 Å².